The fourth-order valence-corrected chi connectivity index (χ4v) is 2.59. The molecule has 0 radical (unpaired) electrons. The highest BCUT2D eigenvalue weighted by molar-refractivity contribution is 8.00. The molecule has 0 fully saturated rings. The molecule has 0 aliphatic carbocycles. The molecule has 1 atom stereocenters. The quantitative estimate of drug-likeness (QED) is 0.461. The maximum absolute atomic E-state index is 11.8. The van der Waals surface area contributed by atoms with Gasteiger partial charge in [0.1, 0.15) is 0 Å². The van der Waals surface area contributed by atoms with Crippen molar-refractivity contribution in [2.45, 2.75) is 23.5 Å². The number of nitrogen functional groups attached to an aromatic ring is 1. The van der Waals surface area contributed by atoms with Crippen LogP contribution in [0.2, 0.25) is 5.02 Å². The van der Waals surface area contributed by atoms with E-state index in [1.165, 1.54) is 11.8 Å². The minimum Gasteiger partial charge on any atom is -0.398 e. The Morgan fingerprint density at radius 2 is 2.32 bits per heavy atom. The standard InChI is InChI=1S/C13H19ClN2O2S/c1-9(13(17)16-6-3-7-18-2)19-10-4-5-12(15)11(14)8-10/h4-5,8-9H,3,6-7,15H2,1-2H3,(H,16,17). The van der Waals surface area contributed by atoms with Crippen molar-refractivity contribution in [3.63, 3.8) is 0 Å². The van der Waals surface area contributed by atoms with Crippen LogP contribution in [0, 0.1) is 0 Å². The smallest absolute Gasteiger partial charge is 0.233 e. The monoisotopic (exact) mass is 302 g/mol. The number of anilines is 1. The number of amides is 1. The second-order valence-corrected chi connectivity index (χ2v) is 5.90. The molecule has 0 aliphatic rings. The van der Waals surface area contributed by atoms with Crippen molar-refractivity contribution in [2.24, 2.45) is 0 Å². The van der Waals surface area contributed by atoms with Gasteiger partial charge in [0.25, 0.3) is 0 Å². The van der Waals surface area contributed by atoms with Crippen molar-refractivity contribution in [2.75, 3.05) is 26.0 Å². The predicted molar refractivity (Wildman–Crippen MR) is 80.7 cm³/mol. The van der Waals surface area contributed by atoms with Gasteiger partial charge in [-0.3, -0.25) is 4.79 Å². The van der Waals surface area contributed by atoms with Crippen molar-refractivity contribution in [1.82, 2.24) is 5.32 Å². The fraction of sp³-hybridized carbons (Fsp3) is 0.462. The summed E-state index contributed by atoms with van der Waals surface area (Å²) >= 11 is 7.40. The Bertz CT molecular complexity index is 429. The van der Waals surface area contributed by atoms with Crippen LogP contribution in [0.25, 0.3) is 0 Å². The molecular formula is C13H19ClN2O2S. The van der Waals surface area contributed by atoms with E-state index >= 15 is 0 Å². The van der Waals surface area contributed by atoms with Crippen molar-refractivity contribution >= 4 is 35.0 Å². The lowest BCUT2D eigenvalue weighted by molar-refractivity contribution is -0.120. The van der Waals surface area contributed by atoms with E-state index in [0.717, 1.165) is 11.3 Å². The number of nitrogens with two attached hydrogens (primary N) is 1. The summed E-state index contributed by atoms with van der Waals surface area (Å²) in [5.74, 6) is 0.00838. The summed E-state index contributed by atoms with van der Waals surface area (Å²) in [6, 6.07) is 5.38. The van der Waals surface area contributed by atoms with Gasteiger partial charge in [-0.1, -0.05) is 11.6 Å². The number of thioether (sulfide) groups is 1. The first kappa shape index (κ1) is 16.1. The van der Waals surface area contributed by atoms with Crippen molar-refractivity contribution in [3.8, 4) is 0 Å². The summed E-state index contributed by atoms with van der Waals surface area (Å²) in [4.78, 5) is 12.8. The molecule has 0 aliphatic heterocycles. The van der Waals surface area contributed by atoms with E-state index in [-0.39, 0.29) is 11.2 Å². The SMILES string of the molecule is COCCCNC(=O)C(C)Sc1ccc(N)c(Cl)c1. The molecule has 1 aromatic rings. The number of rotatable bonds is 7. The summed E-state index contributed by atoms with van der Waals surface area (Å²) in [5.41, 5.74) is 6.19. The van der Waals surface area contributed by atoms with Gasteiger partial charge in [0.15, 0.2) is 0 Å². The number of benzene rings is 1. The molecule has 0 spiro atoms. The van der Waals surface area contributed by atoms with E-state index in [4.69, 9.17) is 22.1 Å². The summed E-state index contributed by atoms with van der Waals surface area (Å²) in [5, 5.41) is 3.20. The van der Waals surface area contributed by atoms with Crippen LogP contribution in [0.3, 0.4) is 0 Å². The molecule has 1 unspecified atom stereocenters. The van der Waals surface area contributed by atoms with Crippen molar-refractivity contribution in [3.05, 3.63) is 23.2 Å². The van der Waals surface area contributed by atoms with Gasteiger partial charge in [-0.25, -0.2) is 0 Å². The minimum absolute atomic E-state index is 0.00838. The van der Waals surface area contributed by atoms with Gasteiger partial charge in [-0.2, -0.15) is 0 Å². The fourth-order valence-electron chi connectivity index (χ4n) is 1.41. The van der Waals surface area contributed by atoms with Crippen LogP contribution in [0.5, 0.6) is 0 Å². The molecule has 0 saturated heterocycles. The maximum Gasteiger partial charge on any atom is 0.233 e. The van der Waals surface area contributed by atoms with E-state index < -0.39 is 0 Å². The number of hydrogen-bond donors (Lipinski definition) is 2. The van der Waals surface area contributed by atoms with Crippen LogP contribution in [-0.4, -0.2) is 31.4 Å². The molecule has 3 N–H and O–H groups in total. The number of nitrogens with one attached hydrogen (secondary N) is 1. The highest BCUT2D eigenvalue weighted by Crippen LogP contribution is 2.29. The second-order valence-electron chi connectivity index (χ2n) is 4.08. The Balaban J connectivity index is 2.42. The molecular weight excluding hydrogens is 284 g/mol. The Morgan fingerprint density at radius 1 is 1.58 bits per heavy atom. The highest BCUT2D eigenvalue weighted by Gasteiger charge is 2.14. The zero-order chi connectivity index (χ0) is 14.3. The molecule has 0 bridgehead atoms. The zero-order valence-corrected chi connectivity index (χ0v) is 12.7. The number of ether oxygens (including phenoxy) is 1. The Labute approximate surface area is 123 Å². The highest BCUT2D eigenvalue weighted by atomic mass is 35.5. The van der Waals surface area contributed by atoms with E-state index in [0.29, 0.717) is 23.9 Å². The van der Waals surface area contributed by atoms with E-state index in [9.17, 15) is 4.79 Å². The van der Waals surface area contributed by atoms with Crippen molar-refractivity contribution in [1.29, 1.82) is 0 Å². The van der Waals surface area contributed by atoms with Crippen LogP contribution >= 0.6 is 23.4 Å². The first-order chi connectivity index (χ1) is 9.04. The van der Waals surface area contributed by atoms with Crippen LogP contribution in [0.1, 0.15) is 13.3 Å². The number of carbonyl (C=O) groups is 1. The van der Waals surface area contributed by atoms with E-state index in [2.05, 4.69) is 5.32 Å². The lowest BCUT2D eigenvalue weighted by Gasteiger charge is -2.12. The second kappa shape index (κ2) is 8.30. The summed E-state index contributed by atoms with van der Waals surface area (Å²) in [6.45, 7) is 3.13. The molecule has 6 heteroatoms. The lowest BCUT2D eigenvalue weighted by Crippen LogP contribution is -2.32. The third-order valence-electron chi connectivity index (χ3n) is 2.48. The molecule has 19 heavy (non-hydrogen) atoms. The van der Waals surface area contributed by atoms with Gasteiger partial charge in [-0.05, 0) is 31.5 Å². The Hall–Kier alpha value is -0.910. The average Bonchev–Trinajstić information content (AvgIpc) is 2.38. The molecule has 1 amide bonds. The van der Waals surface area contributed by atoms with Crippen molar-refractivity contribution < 1.29 is 9.53 Å². The molecule has 0 heterocycles. The van der Waals surface area contributed by atoms with Gasteiger partial charge < -0.3 is 15.8 Å². The minimum atomic E-state index is -0.178. The number of carbonyl (C=O) groups excluding carboxylic acids is 1. The topological polar surface area (TPSA) is 64.3 Å². The summed E-state index contributed by atoms with van der Waals surface area (Å²) in [7, 11) is 1.64. The lowest BCUT2D eigenvalue weighted by atomic mass is 10.3. The van der Waals surface area contributed by atoms with Gasteiger partial charge >= 0.3 is 0 Å². The Kier molecular flexibility index (Phi) is 7.05. The average molecular weight is 303 g/mol. The van der Waals surface area contributed by atoms with Crippen LogP contribution in [-0.2, 0) is 9.53 Å². The number of methoxy groups -OCH3 is 1. The number of hydrogen-bond acceptors (Lipinski definition) is 4. The van der Waals surface area contributed by atoms with E-state index in [1.54, 1.807) is 19.2 Å². The number of halogens is 1. The zero-order valence-electron chi connectivity index (χ0n) is 11.1. The molecule has 1 aromatic carbocycles. The predicted octanol–water partition coefficient (Wildman–Crippen LogP) is 2.56. The molecule has 4 nitrogen and oxygen atoms in total. The maximum atomic E-state index is 11.8. The first-order valence-electron chi connectivity index (χ1n) is 6.03. The first-order valence-corrected chi connectivity index (χ1v) is 7.28. The van der Waals surface area contributed by atoms with Gasteiger partial charge in [0.2, 0.25) is 5.91 Å². The Morgan fingerprint density at radius 3 is 2.95 bits per heavy atom. The third-order valence-corrected chi connectivity index (χ3v) is 3.90. The molecule has 1 rings (SSSR count). The van der Waals surface area contributed by atoms with Crippen LogP contribution < -0.4 is 11.1 Å². The molecule has 0 saturated carbocycles. The summed E-state index contributed by atoms with van der Waals surface area (Å²) in [6.07, 6.45) is 0.813. The largest absolute Gasteiger partial charge is 0.398 e. The summed E-state index contributed by atoms with van der Waals surface area (Å²) < 4.78 is 4.92. The third kappa shape index (κ3) is 5.72. The normalized spacial score (nSPS) is 12.2. The van der Waals surface area contributed by atoms with Gasteiger partial charge in [-0.15, -0.1) is 11.8 Å². The van der Waals surface area contributed by atoms with Gasteiger partial charge in [0, 0.05) is 25.2 Å². The molecule has 0 aromatic heterocycles. The van der Waals surface area contributed by atoms with E-state index in [1.807, 2.05) is 13.0 Å². The van der Waals surface area contributed by atoms with Crippen LogP contribution in [0.15, 0.2) is 23.1 Å². The molecule has 106 valence electrons. The van der Waals surface area contributed by atoms with Crippen LogP contribution in [0.4, 0.5) is 5.69 Å². The van der Waals surface area contributed by atoms with Gasteiger partial charge in [0.05, 0.1) is 16.0 Å².